The largest absolute Gasteiger partial charge is 0.493 e. The minimum atomic E-state index is -0.619. The second-order valence-corrected chi connectivity index (χ2v) is 8.40. The van der Waals surface area contributed by atoms with Crippen molar-refractivity contribution in [1.82, 2.24) is 14.8 Å². The second-order valence-electron chi connectivity index (χ2n) is 7.02. The van der Waals surface area contributed by atoms with Gasteiger partial charge in [0.15, 0.2) is 22.5 Å². The minimum absolute atomic E-state index is 0.0203. The molecule has 176 valence electrons. The molecule has 4 rings (SSSR count). The smallest absolute Gasteiger partial charge is 0.203 e. The zero-order valence-electron chi connectivity index (χ0n) is 18.5. The Bertz CT molecular complexity index is 1290. The standard InChI is InChI=1S/C24H20ClF2N3O3S/c1-31-20-10-14(11-21(32-2)22(20)33-3)23-28-29-24(30(23)16-7-4-6-15(25)12-16)34-13-17-18(26)8-5-9-19(17)27/h4-12H,13H2,1-3H3. The predicted octanol–water partition coefficient (Wildman–Crippen LogP) is 6.18. The van der Waals surface area contributed by atoms with Crippen LogP contribution in [0.3, 0.4) is 0 Å². The number of benzene rings is 3. The molecule has 0 amide bonds. The predicted molar refractivity (Wildman–Crippen MR) is 127 cm³/mol. The van der Waals surface area contributed by atoms with E-state index in [-0.39, 0.29) is 11.3 Å². The number of rotatable bonds is 8. The first-order valence-corrected chi connectivity index (χ1v) is 11.4. The van der Waals surface area contributed by atoms with Gasteiger partial charge in [-0.1, -0.05) is 35.5 Å². The molecule has 0 atom stereocenters. The van der Waals surface area contributed by atoms with Gasteiger partial charge in [-0.05, 0) is 42.5 Å². The Balaban J connectivity index is 1.84. The van der Waals surface area contributed by atoms with Crippen molar-refractivity contribution in [3.63, 3.8) is 0 Å². The van der Waals surface area contributed by atoms with Crippen molar-refractivity contribution in [1.29, 1.82) is 0 Å². The monoisotopic (exact) mass is 503 g/mol. The van der Waals surface area contributed by atoms with Crippen LogP contribution in [0.25, 0.3) is 17.1 Å². The molecule has 3 aromatic carbocycles. The van der Waals surface area contributed by atoms with E-state index in [2.05, 4.69) is 10.2 Å². The molecule has 0 fully saturated rings. The van der Waals surface area contributed by atoms with Gasteiger partial charge >= 0.3 is 0 Å². The number of halogens is 3. The molecule has 1 aromatic heterocycles. The van der Waals surface area contributed by atoms with Crippen molar-refractivity contribution in [2.45, 2.75) is 10.9 Å². The summed E-state index contributed by atoms with van der Waals surface area (Å²) in [6.07, 6.45) is 0. The molecule has 4 aromatic rings. The normalized spacial score (nSPS) is 10.9. The Morgan fingerprint density at radius 1 is 0.882 bits per heavy atom. The first kappa shape index (κ1) is 23.8. The summed E-state index contributed by atoms with van der Waals surface area (Å²) in [6, 6.07) is 14.4. The highest BCUT2D eigenvalue weighted by Crippen LogP contribution is 2.42. The van der Waals surface area contributed by atoms with Crippen molar-refractivity contribution in [2.75, 3.05) is 21.3 Å². The Hall–Kier alpha value is -3.30. The molecule has 0 spiro atoms. The van der Waals surface area contributed by atoms with E-state index in [0.29, 0.717) is 44.5 Å². The molecule has 1 heterocycles. The quantitative estimate of drug-likeness (QED) is 0.267. The molecule has 0 saturated carbocycles. The average Bonchev–Trinajstić information content (AvgIpc) is 3.26. The highest BCUT2D eigenvalue weighted by Gasteiger charge is 2.22. The fraction of sp³-hybridized carbons (Fsp3) is 0.167. The molecule has 0 aliphatic heterocycles. The molecule has 0 bridgehead atoms. The van der Waals surface area contributed by atoms with Crippen molar-refractivity contribution in [3.05, 3.63) is 76.8 Å². The van der Waals surface area contributed by atoms with E-state index in [1.165, 1.54) is 39.5 Å². The maximum Gasteiger partial charge on any atom is 0.203 e. The summed E-state index contributed by atoms with van der Waals surface area (Å²) in [5.74, 6) is 0.565. The van der Waals surface area contributed by atoms with Crippen molar-refractivity contribution >= 4 is 23.4 Å². The van der Waals surface area contributed by atoms with Crippen LogP contribution in [0.4, 0.5) is 8.78 Å². The van der Waals surface area contributed by atoms with Gasteiger partial charge in [0, 0.05) is 21.9 Å². The number of aromatic nitrogens is 3. The molecule has 10 heteroatoms. The summed E-state index contributed by atoms with van der Waals surface area (Å²) in [7, 11) is 4.56. The molecule has 0 saturated heterocycles. The zero-order chi connectivity index (χ0) is 24.2. The van der Waals surface area contributed by atoms with Gasteiger partial charge in [0.2, 0.25) is 5.75 Å². The van der Waals surface area contributed by atoms with Crippen LogP contribution in [0.1, 0.15) is 5.56 Å². The van der Waals surface area contributed by atoms with Crippen molar-refractivity contribution in [2.24, 2.45) is 0 Å². The SMILES string of the molecule is COc1cc(-c2nnc(SCc3c(F)cccc3F)n2-c2cccc(Cl)c2)cc(OC)c1OC. The van der Waals surface area contributed by atoms with E-state index in [9.17, 15) is 8.78 Å². The van der Waals surface area contributed by atoms with E-state index in [4.69, 9.17) is 25.8 Å². The third-order valence-corrected chi connectivity index (χ3v) is 6.22. The van der Waals surface area contributed by atoms with Gasteiger partial charge in [0.05, 0.1) is 27.0 Å². The maximum atomic E-state index is 14.2. The minimum Gasteiger partial charge on any atom is -0.493 e. The summed E-state index contributed by atoms with van der Waals surface area (Å²) in [5.41, 5.74) is 1.27. The first-order chi connectivity index (χ1) is 16.5. The van der Waals surface area contributed by atoms with Gasteiger partial charge in [-0.2, -0.15) is 0 Å². The van der Waals surface area contributed by atoms with Gasteiger partial charge in [-0.15, -0.1) is 10.2 Å². The summed E-state index contributed by atoms with van der Waals surface area (Å²) in [6.45, 7) is 0. The van der Waals surface area contributed by atoms with Crippen molar-refractivity contribution < 1.29 is 23.0 Å². The van der Waals surface area contributed by atoms with E-state index in [1.807, 2.05) is 6.07 Å². The highest BCUT2D eigenvalue weighted by molar-refractivity contribution is 7.98. The number of hydrogen-bond acceptors (Lipinski definition) is 6. The van der Waals surface area contributed by atoms with Gasteiger partial charge in [-0.3, -0.25) is 4.57 Å². The lowest BCUT2D eigenvalue weighted by atomic mass is 10.1. The molecule has 0 unspecified atom stereocenters. The van der Waals surface area contributed by atoms with Crippen LogP contribution >= 0.6 is 23.4 Å². The molecular formula is C24H20ClF2N3O3S. The molecule has 34 heavy (non-hydrogen) atoms. The van der Waals surface area contributed by atoms with Crippen molar-refractivity contribution in [3.8, 4) is 34.3 Å². The van der Waals surface area contributed by atoms with Crippen LogP contribution in [-0.4, -0.2) is 36.1 Å². The molecule has 0 aliphatic rings. The lowest BCUT2D eigenvalue weighted by Gasteiger charge is -2.15. The molecule has 0 aliphatic carbocycles. The van der Waals surface area contributed by atoms with E-state index in [0.717, 1.165) is 11.8 Å². The lowest BCUT2D eigenvalue weighted by molar-refractivity contribution is 0.324. The summed E-state index contributed by atoms with van der Waals surface area (Å²) in [5, 5.41) is 9.60. The fourth-order valence-corrected chi connectivity index (χ4v) is 4.57. The van der Waals surface area contributed by atoms with E-state index >= 15 is 0 Å². The lowest BCUT2D eigenvalue weighted by Crippen LogP contribution is -2.02. The third kappa shape index (κ3) is 4.67. The Labute approximate surface area is 204 Å². The van der Waals surface area contributed by atoms with Gasteiger partial charge in [0.1, 0.15) is 11.6 Å². The second kappa shape index (κ2) is 10.3. The summed E-state index contributed by atoms with van der Waals surface area (Å²) in [4.78, 5) is 0. The average molecular weight is 504 g/mol. The fourth-order valence-electron chi connectivity index (χ4n) is 3.42. The maximum absolute atomic E-state index is 14.2. The molecule has 6 nitrogen and oxygen atoms in total. The summed E-state index contributed by atoms with van der Waals surface area (Å²) >= 11 is 7.40. The van der Waals surface area contributed by atoms with Gasteiger partial charge < -0.3 is 14.2 Å². The van der Waals surface area contributed by atoms with Crippen LogP contribution in [0.2, 0.25) is 5.02 Å². The van der Waals surface area contributed by atoms with E-state index in [1.54, 1.807) is 34.9 Å². The first-order valence-electron chi connectivity index (χ1n) is 10.0. The van der Waals surface area contributed by atoms with Crippen LogP contribution in [-0.2, 0) is 5.75 Å². The number of hydrogen-bond donors (Lipinski definition) is 0. The van der Waals surface area contributed by atoms with Gasteiger partial charge in [0.25, 0.3) is 0 Å². The van der Waals surface area contributed by atoms with Crippen LogP contribution in [0.5, 0.6) is 17.2 Å². The number of methoxy groups -OCH3 is 3. The molecular weight excluding hydrogens is 484 g/mol. The molecule has 0 radical (unpaired) electrons. The Morgan fingerprint density at radius 3 is 2.12 bits per heavy atom. The van der Waals surface area contributed by atoms with Crippen LogP contribution < -0.4 is 14.2 Å². The Kier molecular flexibility index (Phi) is 7.23. The summed E-state index contributed by atoms with van der Waals surface area (Å²) < 4.78 is 46.5. The third-order valence-electron chi connectivity index (χ3n) is 5.03. The Morgan fingerprint density at radius 2 is 1.53 bits per heavy atom. The van der Waals surface area contributed by atoms with Gasteiger partial charge in [-0.25, -0.2) is 8.78 Å². The molecule has 0 N–H and O–H groups in total. The van der Waals surface area contributed by atoms with Crippen LogP contribution in [0, 0.1) is 11.6 Å². The number of thioether (sulfide) groups is 1. The zero-order valence-corrected chi connectivity index (χ0v) is 20.1. The number of nitrogens with zero attached hydrogens (tertiary/aromatic N) is 3. The van der Waals surface area contributed by atoms with Crippen LogP contribution in [0.15, 0.2) is 59.8 Å². The number of ether oxygens (including phenoxy) is 3. The van der Waals surface area contributed by atoms with E-state index < -0.39 is 11.6 Å². The topological polar surface area (TPSA) is 58.4 Å². The highest BCUT2D eigenvalue weighted by atomic mass is 35.5.